The summed E-state index contributed by atoms with van der Waals surface area (Å²) >= 11 is 0. The number of tetrazole rings is 1. The molecule has 0 aliphatic carbocycles. The molecule has 8 heteroatoms. The van der Waals surface area contributed by atoms with Gasteiger partial charge in [-0.2, -0.15) is 5.21 Å². The topological polar surface area (TPSA) is 87.9 Å². The largest absolute Gasteiger partial charge is 0.358 e. The number of benzene rings is 3. The number of H-pyrrole nitrogens is 1. The quantitative estimate of drug-likeness (QED) is 0.338. The summed E-state index contributed by atoms with van der Waals surface area (Å²) in [5.74, 6) is 2.72. The Bertz CT molecular complexity index is 1600. The van der Waals surface area contributed by atoms with Gasteiger partial charge in [-0.15, -0.1) is 10.2 Å². The van der Waals surface area contributed by atoms with Crippen LogP contribution in [-0.2, 0) is 6.42 Å². The van der Waals surface area contributed by atoms with Crippen LogP contribution in [0.2, 0.25) is 0 Å². The summed E-state index contributed by atoms with van der Waals surface area (Å²) in [4.78, 5) is 12.1. The molecule has 0 saturated heterocycles. The summed E-state index contributed by atoms with van der Waals surface area (Å²) < 4.78 is 2.35. The summed E-state index contributed by atoms with van der Waals surface area (Å²) in [5.41, 5.74) is 8.72. The Morgan fingerprint density at radius 1 is 0.973 bits per heavy atom. The third kappa shape index (κ3) is 4.08. The fourth-order valence-electron chi connectivity index (χ4n) is 5.23. The van der Waals surface area contributed by atoms with E-state index in [9.17, 15) is 0 Å². The van der Waals surface area contributed by atoms with Crippen LogP contribution in [0.25, 0.3) is 39.2 Å². The SMILES string of the molecule is CCCCc1nc2ccc(C3=NCCN3C)cc2n1-c1cccc(-c2ccccc2-c2nn[nH]n2)c1C. The van der Waals surface area contributed by atoms with E-state index >= 15 is 0 Å². The number of imidazole rings is 1. The number of unbranched alkanes of at least 4 members (excludes halogenated alkanes) is 1. The third-order valence-electron chi connectivity index (χ3n) is 7.14. The van der Waals surface area contributed by atoms with Gasteiger partial charge in [0.1, 0.15) is 11.7 Å². The molecule has 186 valence electrons. The van der Waals surface area contributed by atoms with Crippen LogP contribution in [0.4, 0.5) is 0 Å². The number of aromatic nitrogens is 6. The van der Waals surface area contributed by atoms with Crippen LogP contribution in [0, 0.1) is 6.92 Å². The van der Waals surface area contributed by atoms with Gasteiger partial charge in [0, 0.05) is 31.1 Å². The third-order valence-corrected chi connectivity index (χ3v) is 7.14. The predicted molar refractivity (Wildman–Crippen MR) is 147 cm³/mol. The number of amidine groups is 1. The maximum Gasteiger partial charge on any atom is 0.205 e. The highest BCUT2D eigenvalue weighted by atomic mass is 15.5. The second kappa shape index (κ2) is 9.61. The number of aliphatic imine (C=N–C) groups is 1. The molecule has 1 N–H and O–H groups in total. The number of nitrogens with zero attached hydrogens (tertiary/aromatic N) is 7. The molecular formula is C29H30N8. The standard InChI is InChI=1S/C29H30N8/c1-4-5-13-27-31-24-15-14-20(29-30-16-17-36(29)3)18-26(24)37(27)25-12-8-11-21(19(25)2)22-9-6-7-10-23(22)28-32-34-35-33-28/h6-12,14-15,18H,4-5,13,16-17H2,1-3H3,(H,32,33,34,35). The van der Waals surface area contributed by atoms with Gasteiger partial charge < -0.3 is 4.90 Å². The van der Waals surface area contributed by atoms with Crippen molar-refractivity contribution in [3.8, 4) is 28.2 Å². The van der Waals surface area contributed by atoms with Gasteiger partial charge in [-0.25, -0.2) is 4.98 Å². The van der Waals surface area contributed by atoms with E-state index in [2.05, 4.69) is 99.5 Å². The van der Waals surface area contributed by atoms with E-state index in [0.717, 1.165) is 83.0 Å². The number of rotatable bonds is 7. The smallest absolute Gasteiger partial charge is 0.205 e. The number of likely N-dealkylation sites (N-methyl/N-ethyl adjacent to an activating group) is 1. The molecule has 0 unspecified atom stereocenters. The van der Waals surface area contributed by atoms with Crippen molar-refractivity contribution >= 4 is 16.9 Å². The van der Waals surface area contributed by atoms with Crippen molar-refractivity contribution in [2.75, 3.05) is 20.1 Å². The average Bonchev–Trinajstić information content (AvgIpc) is 3.67. The lowest BCUT2D eigenvalue weighted by Crippen LogP contribution is -2.23. The van der Waals surface area contributed by atoms with Gasteiger partial charge in [-0.3, -0.25) is 9.56 Å². The zero-order valence-electron chi connectivity index (χ0n) is 21.4. The van der Waals surface area contributed by atoms with E-state index in [-0.39, 0.29) is 0 Å². The highest BCUT2D eigenvalue weighted by Gasteiger charge is 2.20. The van der Waals surface area contributed by atoms with Crippen LogP contribution in [0.5, 0.6) is 0 Å². The lowest BCUT2D eigenvalue weighted by atomic mass is 9.94. The number of hydrogen-bond donors (Lipinski definition) is 1. The van der Waals surface area contributed by atoms with E-state index < -0.39 is 0 Å². The first-order valence-electron chi connectivity index (χ1n) is 12.9. The van der Waals surface area contributed by atoms with Crippen LogP contribution in [-0.4, -0.2) is 61.0 Å². The van der Waals surface area contributed by atoms with Crippen LogP contribution in [0.1, 0.15) is 36.7 Å². The Hall–Kier alpha value is -4.33. The van der Waals surface area contributed by atoms with Gasteiger partial charge in [-0.1, -0.05) is 49.7 Å². The summed E-state index contributed by atoms with van der Waals surface area (Å²) in [5, 5.41) is 14.8. The molecule has 3 heterocycles. The molecule has 0 spiro atoms. The van der Waals surface area contributed by atoms with Gasteiger partial charge in [-0.05, 0) is 59.5 Å². The summed E-state index contributed by atoms with van der Waals surface area (Å²) in [7, 11) is 2.11. The normalized spacial score (nSPS) is 13.5. The maximum atomic E-state index is 5.09. The molecule has 5 aromatic rings. The fourth-order valence-corrected chi connectivity index (χ4v) is 5.23. The Balaban J connectivity index is 1.55. The minimum Gasteiger partial charge on any atom is -0.358 e. The molecule has 0 radical (unpaired) electrons. The van der Waals surface area contributed by atoms with E-state index in [0.29, 0.717) is 5.82 Å². The molecule has 0 atom stereocenters. The summed E-state index contributed by atoms with van der Waals surface area (Å²) in [6.45, 7) is 6.20. The van der Waals surface area contributed by atoms with Crippen LogP contribution < -0.4 is 0 Å². The second-order valence-electron chi connectivity index (χ2n) is 9.53. The van der Waals surface area contributed by atoms with Crippen molar-refractivity contribution in [2.45, 2.75) is 33.1 Å². The molecular weight excluding hydrogens is 460 g/mol. The molecule has 6 rings (SSSR count). The number of aromatic amines is 1. The first kappa shape index (κ1) is 23.1. The molecule has 0 amide bonds. The van der Waals surface area contributed by atoms with Gasteiger partial charge in [0.25, 0.3) is 0 Å². The van der Waals surface area contributed by atoms with Crippen LogP contribution >= 0.6 is 0 Å². The van der Waals surface area contributed by atoms with Gasteiger partial charge >= 0.3 is 0 Å². The highest BCUT2D eigenvalue weighted by molar-refractivity contribution is 6.02. The molecule has 0 saturated carbocycles. The highest BCUT2D eigenvalue weighted by Crippen LogP contribution is 2.35. The van der Waals surface area contributed by atoms with Gasteiger partial charge in [0.15, 0.2) is 0 Å². The second-order valence-corrected chi connectivity index (χ2v) is 9.53. The van der Waals surface area contributed by atoms with Crippen molar-refractivity contribution in [2.24, 2.45) is 4.99 Å². The lowest BCUT2D eigenvalue weighted by Gasteiger charge is -2.18. The summed E-state index contributed by atoms with van der Waals surface area (Å²) in [6, 6.07) is 21.2. The average molecular weight is 491 g/mol. The van der Waals surface area contributed by atoms with Crippen molar-refractivity contribution in [3.63, 3.8) is 0 Å². The van der Waals surface area contributed by atoms with Crippen molar-refractivity contribution < 1.29 is 0 Å². The zero-order valence-corrected chi connectivity index (χ0v) is 21.4. The molecule has 0 bridgehead atoms. The van der Waals surface area contributed by atoms with Gasteiger partial charge in [0.2, 0.25) is 5.82 Å². The summed E-state index contributed by atoms with van der Waals surface area (Å²) in [6.07, 6.45) is 3.13. The number of fused-ring (bicyclic) bond motifs is 1. The van der Waals surface area contributed by atoms with Crippen LogP contribution in [0.3, 0.4) is 0 Å². The number of nitrogens with one attached hydrogen (secondary N) is 1. The predicted octanol–water partition coefficient (Wildman–Crippen LogP) is 5.22. The minimum absolute atomic E-state index is 0.586. The maximum absolute atomic E-state index is 5.09. The van der Waals surface area contributed by atoms with Gasteiger partial charge in [0.05, 0.1) is 23.3 Å². The van der Waals surface area contributed by atoms with Crippen molar-refractivity contribution in [3.05, 3.63) is 77.6 Å². The van der Waals surface area contributed by atoms with Crippen molar-refractivity contribution in [1.82, 2.24) is 35.1 Å². The minimum atomic E-state index is 0.586. The first-order chi connectivity index (χ1) is 18.2. The number of hydrogen-bond acceptors (Lipinski definition) is 6. The van der Waals surface area contributed by atoms with E-state index in [1.54, 1.807) is 0 Å². The van der Waals surface area contributed by atoms with Crippen LogP contribution in [0.15, 0.2) is 65.7 Å². The van der Waals surface area contributed by atoms with E-state index in [4.69, 9.17) is 9.98 Å². The molecule has 37 heavy (non-hydrogen) atoms. The Morgan fingerprint density at radius 2 is 1.81 bits per heavy atom. The fraction of sp³-hybridized carbons (Fsp3) is 0.276. The number of aryl methyl sites for hydroxylation is 1. The van der Waals surface area contributed by atoms with Crippen molar-refractivity contribution in [1.29, 1.82) is 0 Å². The van der Waals surface area contributed by atoms with E-state index in [1.165, 1.54) is 5.56 Å². The molecule has 1 aliphatic rings. The molecule has 8 nitrogen and oxygen atoms in total. The van der Waals surface area contributed by atoms with E-state index in [1.807, 2.05) is 12.1 Å². The Labute approximate surface area is 216 Å². The zero-order chi connectivity index (χ0) is 25.4. The molecule has 0 fully saturated rings. The lowest BCUT2D eigenvalue weighted by molar-refractivity contribution is 0.557. The Kier molecular flexibility index (Phi) is 6.00. The first-order valence-corrected chi connectivity index (χ1v) is 12.9. The molecule has 2 aromatic heterocycles. The molecule has 3 aromatic carbocycles. The molecule has 1 aliphatic heterocycles. The monoisotopic (exact) mass is 490 g/mol. The Morgan fingerprint density at radius 3 is 2.57 bits per heavy atom.